The van der Waals surface area contributed by atoms with Crippen molar-refractivity contribution < 1.29 is 9.72 Å². The second-order valence-corrected chi connectivity index (χ2v) is 6.31. The molecule has 1 aliphatic rings. The molecule has 1 saturated heterocycles. The van der Waals surface area contributed by atoms with Gasteiger partial charge < -0.3 is 5.32 Å². The smallest absolute Gasteiger partial charge is 0.273 e. The summed E-state index contributed by atoms with van der Waals surface area (Å²) in [5.41, 5.74) is 0.915. The van der Waals surface area contributed by atoms with Crippen LogP contribution in [0, 0.1) is 10.1 Å². The summed E-state index contributed by atoms with van der Waals surface area (Å²) in [7, 11) is 0. The fourth-order valence-corrected chi connectivity index (χ4v) is 2.79. The normalized spacial score (nSPS) is 17.4. The summed E-state index contributed by atoms with van der Waals surface area (Å²) < 4.78 is 0. The Hall–Kier alpha value is -1.99. The average molecular weight is 334 g/mol. The van der Waals surface area contributed by atoms with E-state index in [1.165, 1.54) is 0 Å². The van der Waals surface area contributed by atoms with E-state index in [4.69, 9.17) is 0 Å². The Labute approximate surface area is 142 Å². The minimum absolute atomic E-state index is 0.0662. The summed E-state index contributed by atoms with van der Waals surface area (Å²) in [4.78, 5) is 27.0. The molecule has 1 heterocycles. The molecular weight excluding hydrogens is 308 g/mol. The lowest BCUT2D eigenvalue weighted by Gasteiger charge is -2.34. The molecule has 1 fully saturated rings. The van der Waals surface area contributed by atoms with Gasteiger partial charge in [0.05, 0.1) is 11.5 Å². The molecule has 1 atom stereocenters. The molecule has 24 heavy (non-hydrogen) atoms. The molecule has 2 rings (SSSR count). The monoisotopic (exact) mass is 334 g/mol. The van der Waals surface area contributed by atoms with Gasteiger partial charge in [0, 0.05) is 50.4 Å². The minimum atomic E-state index is -0.329. The first-order chi connectivity index (χ1) is 11.5. The highest BCUT2D eigenvalue weighted by Crippen LogP contribution is 2.20. The van der Waals surface area contributed by atoms with Crippen LogP contribution in [0.5, 0.6) is 0 Å². The van der Waals surface area contributed by atoms with E-state index in [2.05, 4.69) is 15.1 Å². The minimum Gasteiger partial charge on any atom is -0.353 e. The lowest BCUT2D eigenvalue weighted by Crippen LogP contribution is -2.49. The lowest BCUT2D eigenvalue weighted by atomic mass is 10.1. The zero-order valence-electron chi connectivity index (χ0n) is 14.4. The van der Waals surface area contributed by atoms with Gasteiger partial charge in [0.2, 0.25) is 5.91 Å². The number of carbonyl (C=O) groups is 1. The SMILES string of the molecule is CCC(C)NC(=O)CN1CCN(Cc2ccccc2[N+](=O)[O-])CC1. The second kappa shape index (κ2) is 8.75. The predicted octanol–water partition coefficient (Wildman–Crippen LogP) is 1.63. The standard InChI is InChI=1S/C17H26N4O3/c1-3-14(2)18-17(22)13-20-10-8-19(9-11-20)12-15-6-4-5-7-16(15)21(23)24/h4-7,14H,3,8-13H2,1-2H3,(H,18,22). The molecule has 1 aromatic rings. The van der Waals surface area contributed by atoms with Gasteiger partial charge in [0.25, 0.3) is 5.69 Å². The van der Waals surface area contributed by atoms with Crippen molar-refractivity contribution >= 4 is 11.6 Å². The van der Waals surface area contributed by atoms with Crippen molar-refractivity contribution in [2.45, 2.75) is 32.9 Å². The molecule has 0 spiro atoms. The van der Waals surface area contributed by atoms with Crippen LogP contribution in [0.3, 0.4) is 0 Å². The van der Waals surface area contributed by atoms with Crippen LogP contribution in [0.25, 0.3) is 0 Å². The molecule has 0 saturated carbocycles. The summed E-state index contributed by atoms with van der Waals surface area (Å²) in [6.45, 7) is 8.26. The predicted molar refractivity (Wildman–Crippen MR) is 92.7 cm³/mol. The summed E-state index contributed by atoms with van der Waals surface area (Å²) in [6, 6.07) is 7.08. The van der Waals surface area contributed by atoms with Gasteiger partial charge in [-0.1, -0.05) is 25.1 Å². The van der Waals surface area contributed by atoms with Gasteiger partial charge in [-0.3, -0.25) is 24.7 Å². The van der Waals surface area contributed by atoms with E-state index >= 15 is 0 Å². The molecule has 7 heteroatoms. The second-order valence-electron chi connectivity index (χ2n) is 6.31. The van der Waals surface area contributed by atoms with Gasteiger partial charge in [-0.2, -0.15) is 0 Å². The van der Waals surface area contributed by atoms with E-state index in [0.29, 0.717) is 13.1 Å². The van der Waals surface area contributed by atoms with Crippen LogP contribution in [-0.2, 0) is 11.3 Å². The van der Waals surface area contributed by atoms with Crippen molar-refractivity contribution in [2.75, 3.05) is 32.7 Å². The van der Waals surface area contributed by atoms with Gasteiger partial charge in [-0.15, -0.1) is 0 Å². The van der Waals surface area contributed by atoms with Crippen LogP contribution in [0.4, 0.5) is 5.69 Å². The number of piperazine rings is 1. The number of rotatable bonds is 7. The van der Waals surface area contributed by atoms with Gasteiger partial charge >= 0.3 is 0 Å². The van der Waals surface area contributed by atoms with Gasteiger partial charge in [-0.05, 0) is 13.3 Å². The number of para-hydroxylation sites is 1. The molecule has 0 aliphatic carbocycles. The molecule has 1 N–H and O–H groups in total. The summed E-state index contributed by atoms with van der Waals surface area (Å²) in [6.07, 6.45) is 0.926. The molecule has 1 unspecified atom stereocenters. The fraction of sp³-hybridized carbons (Fsp3) is 0.588. The van der Waals surface area contributed by atoms with Gasteiger partial charge in [-0.25, -0.2) is 0 Å². The van der Waals surface area contributed by atoms with E-state index < -0.39 is 0 Å². The number of hydrogen-bond donors (Lipinski definition) is 1. The summed E-state index contributed by atoms with van der Waals surface area (Å²) >= 11 is 0. The molecule has 132 valence electrons. The largest absolute Gasteiger partial charge is 0.353 e. The Balaban J connectivity index is 1.81. The van der Waals surface area contributed by atoms with Gasteiger partial charge in [0.15, 0.2) is 0 Å². The Kier molecular flexibility index (Phi) is 6.69. The first-order valence-electron chi connectivity index (χ1n) is 8.46. The molecule has 0 radical (unpaired) electrons. The van der Waals surface area contributed by atoms with Crippen LogP contribution < -0.4 is 5.32 Å². The third-order valence-corrected chi connectivity index (χ3v) is 4.43. The number of hydrogen-bond acceptors (Lipinski definition) is 5. The number of nitrogens with zero attached hydrogens (tertiary/aromatic N) is 3. The summed E-state index contributed by atoms with van der Waals surface area (Å²) in [5.74, 6) is 0.0662. The lowest BCUT2D eigenvalue weighted by molar-refractivity contribution is -0.385. The highest BCUT2D eigenvalue weighted by atomic mass is 16.6. The first kappa shape index (κ1) is 18.4. The highest BCUT2D eigenvalue weighted by molar-refractivity contribution is 5.78. The average Bonchev–Trinajstić information content (AvgIpc) is 2.56. The van der Waals surface area contributed by atoms with Crippen molar-refractivity contribution in [1.29, 1.82) is 0 Å². The Morgan fingerprint density at radius 2 is 1.88 bits per heavy atom. The maximum absolute atomic E-state index is 11.9. The maximum Gasteiger partial charge on any atom is 0.273 e. The molecule has 0 bridgehead atoms. The van der Waals surface area contributed by atoms with Crippen LogP contribution in [0.2, 0.25) is 0 Å². The molecule has 0 aromatic heterocycles. The molecule has 1 amide bonds. The zero-order valence-corrected chi connectivity index (χ0v) is 14.4. The van der Waals surface area contributed by atoms with E-state index in [0.717, 1.165) is 38.2 Å². The third kappa shape index (κ3) is 5.28. The molecule has 1 aliphatic heterocycles. The van der Waals surface area contributed by atoms with Crippen LogP contribution in [-0.4, -0.2) is 59.4 Å². The number of nitro benzene ring substituents is 1. The summed E-state index contributed by atoms with van der Waals surface area (Å²) in [5, 5.41) is 14.1. The molecular formula is C17H26N4O3. The molecule has 1 aromatic carbocycles. The molecule has 7 nitrogen and oxygen atoms in total. The zero-order chi connectivity index (χ0) is 17.5. The van der Waals surface area contributed by atoms with E-state index in [9.17, 15) is 14.9 Å². The van der Waals surface area contributed by atoms with E-state index in [1.54, 1.807) is 12.1 Å². The van der Waals surface area contributed by atoms with Crippen LogP contribution in [0.15, 0.2) is 24.3 Å². The highest BCUT2D eigenvalue weighted by Gasteiger charge is 2.21. The van der Waals surface area contributed by atoms with Crippen molar-refractivity contribution in [2.24, 2.45) is 0 Å². The van der Waals surface area contributed by atoms with Crippen molar-refractivity contribution in [3.05, 3.63) is 39.9 Å². The Morgan fingerprint density at radius 1 is 1.25 bits per heavy atom. The topological polar surface area (TPSA) is 78.7 Å². The van der Waals surface area contributed by atoms with Gasteiger partial charge in [0.1, 0.15) is 0 Å². The number of nitro groups is 1. The van der Waals surface area contributed by atoms with Crippen LogP contribution >= 0.6 is 0 Å². The Morgan fingerprint density at radius 3 is 2.50 bits per heavy atom. The fourth-order valence-electron chi connectivity index (χ4n) is 2.79. The van der Waals surface area contributed by atoms with Crippen LogP contribution in [0.1, 0.15) is 25.8 Å². The number of amides is 1. The van der Waals surface area contributed by atoms with E-state index in [-0.39, 0.29) is 22.6 Å². The quantitative estimate of drug-likeness (QED) is 0.606. The van der Waals surface area contributed by atoms with E-state index in [1.807, 2.05) is 26.0 Å². The first-order valence-corrected chi connectivity index (χ1v) is 8.46. The van der Waals surface area contributed by atoms with Crippen molar-refractivity contribution in [3.63, 3.8) is 0 Å². The van der Waals surface area contributed by atoms with Crippen molar-refractivity contribution in [3.8, 4) is 0 Å². The number of carbonyl (C=O) groups excluding carboxylic acids is 1. The third-order valence-electron chi connectivity index (χ3n) is 4.43. The maximum atomic E-state index is 11.9. The Bertz CT molecular complexity index is 571. The number of nitrogens with one attached hydrogen (secondary N) is 1. The van der Waals surface area contributed by atoms with Crippen molar-refractivity contribution in [1.82, 2.24) is 15.1 Å². The number of benzene rings is 1.